The summed E-state index contributed by atoms with van der Waals surface area (Å²) in [7, 11) is -9.26. The first-order chi connectivity index (χ1) is 12.5. The third-order valence-electron chi connectivity index (χ3n) is 3.99. The maximum absolute atomic E-state index is 12.5. The highest BCUT2D eigenvalue weighted by atomic mass is 31.3. The molecule has 1 heterocycles. The van der Waals surface area contributed by atoms with E-state index in [1.807, 2.05) is 13.8 Å². The van der Waals surface area contributed by atoms with Gasteiger partial charge in [0.05, 0.1) is 19.3 Å². The Bertz CT molecular complexity index is 554. The summed E-state index contributed by atoms with van der Waals surface area (Å²) in [4.78, 5) is 10.4. The van der Waals surface area contributed by atoms with Gasteiger partial charge in [0.25, 0.3) is 0 Å². The van der Waals surface area contributed by atoms with Gasteiger partial charge in [0.15, 0.2) is 0 Å². The first-order valence-electron chi connectivity index (χ1n) is 7.96. The number of phosphoric acid groups is 2. The van der Waals surface area contributed by atoms with Crippen molar-refractivity contribution in [3.05, 3.63) is 0 Å². The normalized spacial score (nSPS) is 30.8. The zero-order valence-electron chi connectivity index (χ0n) is 16.0. The Labute approximate surface area is 159 Å². The third kappa shape index (κ3) is 6.76. The van der Waals surface area contributed by atoms with Crippen molar-refractivity contribution in [1.29, 1.82) is 0 Å². The first kappa shape index (κ1) is 25.5. The monoisotopic (exact) mass is 457 g/mol. The number of rotatable bonds is 12. The van der Waals surface area contributed by atoms with Crippen molar-refractivity contribution in [3.8, 4) is 0 Å². The van der Waals surface area contributed by atoms with Gasteiger partial charge in [0.1, 0.15) is 12.7 Å². The summed E-state index contributed by atoms with van der Waals surface area (Å²) in [5.74, 6) is -0.101. The van der Waals surface area contributed by atoms with Gasteiger partial charge in [-0.2, -0.15) is 18.3 Å². The molecule has 27 heavy (non-hydrogen) atoms. The van der Waals surface area contributed by atoms with Gasteiger partial charge >= 0.3 is 23.8 Å². The summed E-state index contributed by atoms with van der Waals surface area (Å²) in [6.45, 7) is 3.40. The Kier molecular flexibility index (Phi) is 9.93. The smallest absolute Gasteiger partial charge is 0.390 e. The van der Waals surface area contributed by atoms with Crippen molar-refractivity contribution in [2.24, 2.45) is 5.92 Å². The van der Waals surface area contributed by atoms with Gasteiger partial charge in [-0.25, -0.2) is 9.13 Å². The molecule has 15 heteroatoms. The van der Waals surface area contributed by atoms with Gasteiger partial charge in [-0.05, 0) is 17.7 Å². The van der Waals surface area contributed by atoms with Gasteiger partial charge < -0.3 is 9.84 Å². The largest absolute Gasteiger partial charge is 0.583 e. The number of hydrogen-bond donors (Lipinski definition) is 2. The molecule has 0 aromatic heterocycles. The molecule has 0 amide bonds. The summed E-state index contributed by atoms with van der Waals surface area (Å²) in [6.07, 6.45) is -1.11. The molecule has 162 valence electrons. The standard InChI is InChI=1S/C12H28O12P3/c1-7-10-9(2)22-11(12(10)13)8-21-26(15,19-5)24-27(16,20-6)23-25(14,17-3)18-4/h9-13,15H,7-8H2,1-6H3/q+1. The Morgan fingerprint density at radius 1 is 1.07 bits per heavy atom. The van der Waals surface area contributed by atoms with Gasteiger partial charge in [-0.3, -0.25) is 13.6 Å². The molecule has 0 saturated carbocycles. The molecule has 2 N–H and O–H groups in total. The number of ether oxygens (including phenoxy) is 1. The Morgan fingerprint density at radius 3 is 2.04 bits per heavy atom. The topological polar surface area (TPSA) is 148 Å². The highest BCUT2D eigenvalue weighted by Crippen LogP contribution is 2.75. The second-order valence-electron chi connectivity index (χ2n) is 5.49. The molecule has 1 saturated heterocycles. The molecule has 0 aromatic carbocycles. The molecule has 12 nitrogen and oxygen atoms in total. The Morgan fingerprint density at radius 2 is 1.63 bits per heavy atom. The van der Waals surface area contributed by atoms with Crippen molar-refractivity contribution >= 4 is 23.8 Å². The SMILES string of the molecule is CCC1C(C)OC(CO[P+](O)(OC)OP(=O)(OC)OP(=O)(OC)OC)C1O. The number of aliphatic hydroxyl groups excluding tert-OH is 1. The average molecular weight is 457 g/mol. The highest BCUT2D eigenvalue weighted by Gasteiger charge is 2.57. The first-order valence-corrected chi connectivity index (χ1v) is 12.4. The minimum Gasteiger partial charge on any atom is -0.390 e. The molecule has 1 aliphatic heterocycles. The second kappa shape index (κ2) is 10.5. The van der Waals surface area contributed by atoms with Crippen molar-refractivity contribution in [2.75, 3.05) is 35.0 Å². The minimum absolute atomic E-state index is 0.101. The van der Waals surface area contributed by atoms with Crippen LogP contribution in [0.4, 0.5) is 0 Å². The van der Waals surface area contributed by atoms with E-state index < -0.39 is 36.0 Å². The van der Waals surface area contributed by atoms with Crippen LogP contribution in [0.15, 0.2) is 0 Å². The summed E-state index contributed by atoms with van der Waals surface area (Å²) < 4.78 is 63.2. The molecule has 0 spiro atoms. The van der Waals surface area contributed by atoms with Crippen LogP contribution < -0.4 is 0 Å². The molecule has 0 aromatic rings. The Balaban J connectivity index is 2.82. The fourth-order valence-corrected chi connectivity index (χ4v) is 6.96. The predicted octanol–water partition coefficient (Wildman–Crippen LogP) is 2.68. The molecular weight excluding hydrogens is 429 g/mol. The van der Waals surface area contributed by atoms with E-state index in [1.165, 1.54) is 0 Å². The zero-order valence-corrected chi connectivity index (χ0v) is 18.7. The summed E-state index contributed by atoms with van der Waals surface area (Å²) >= 11 is 0. The van der Waals surface area contributed by atoms with Gasteiger partial charge in [-0.15, -0.1) is 0 Å². The van der Waals surface area contributed by atoms with E-state index in [1.54, 1.807) is 0 Å². The van der Waals surface area contributed by atoms with Crippen LogP contribution in [0.25, 0.3) is 0 Å². The maximum Gasteiger partial charge on any atom is 0.583 e. The van der Waals surface area contributed by atoms with Crippen molar-refractivity contribution in [3.63, 3.8) is 0 Å². The van der Waals surface area contributed by atoms with E-state index in [9.17, 15) is 19.1 Å². The Hall–Kier alpha value is 0.490. The van der Waals surface area contributed by atoms with Crippen LogP contribution in [0.5, 0.6) is 0 Å². The fourth-order valence-electron chi connectivity index (χ4n) is 2.47. The molecule has 6 unspecified atom stereocenters. The summed E-state index contributed by atoms with van der Waals surface area (Å²) in [5, 5.41) is 10.3. The van der Waals surface area contributed by atoms with Crippen LogP contribution in [0.2, 0.25) is 0 Å². The second-order valence-corrected chi connectivity index (χ2v) is 11.2. The van der Waals surface area contributed by atoms with Crippen LogP contribution >= 0.6 is 23.8 Å². The van der Waals surface area contributed by atoms with Crippen molar-refractivity contribution in [1.82, 2.24) is 0 Å². The van der Waals surface area contributed by atoms with Crippen molar-refractivity contribution in [2.45, 2.75) is 38.6 Å². The molecule has 0 bridgehead atoms. The summed E-state index contributed by atoms with van der Waals surface area (Å²) in [5.41, 5.74) is 0. The minimum atomic E-state index is -4.67. The molecule has 6 atom stereocenters. The molecule has 1 rings (SSSR count). The number of aliphatic hydroxyl groups is 1. The van der Waals surface area contributed by atoms with Crippen LogP contribution in [0, 0.1) is 5.92 Å². The van der Waals surface area contributed by atoms with E-state index in [0.29, 0.717) is 6.42 Å². The van der Waals surface area contributed by atoms with Crippen LogP contribution in [-0.2, 0) is 45.1 Å². The van der Waals surface area contributed by atoms with E-state index in [0.717, 1.165) is 28.4 Å². The lowest BCUT2D eigenvalue weighted by molar-refractivity contribution is -0.0222. The van der Waals surface area contributed by atoms with E-state index in [2.05, 4.69) is 17.9 Å². The fraction of sp³-hybridized carbons (Fsp3) is 1.00. The molecule has 0 aliphatic carbocycles. The van der Waals surface area contributed by atoms with E-state index in [4.69, 9.17) is 18.1 Å². The van der Waals surface area contributed by atoms with Gasteiger partial charge in [0.2, 0.25) is 0 Å². The quantitative estimate of drug-likeness (QED) is 0.415. The zero-order chi connectivity index (χ0) is 20.9. The molecular formula is C12H28O12P3+. The maximum atomic E-state index is 12.5. The van der Waals surface area contributed by atoms with E-state index in [-0.39, 0.29) is 18.6 Å². The van der Waals surface area contributed by atoms with Crippen LogP contribution in [0.1, 0.15) is 20.3 Å². The lowest BCUT2D eigenvalue weighted by Gasteiger charge is -2.21. The average Bonchev–Trinajstić information content (AvgIpc) is 2.92. The van der Waals surface area contributed by atoms with E-state index >= 15 is 0 Å². The number of phosphoric ester groups is 1. The van der Waals surface area contributed by atoms with Gasteiger partial charge in [0, 0.05) is 27.2 Å². The van der Waals surface area contributed by atoms with Crippen LogP contribution in [-0.4, -0.2) is 63.4 Å². The lowest BCUT2D eigenvalue weighted by Crippen LogP contribution is -2.30. The molecule has 1 aliphatic rings. The lowest BCUT2D eigenvalue weighted by atomic mass is 9.95. The third-order valence-corrected chi connectivity index (χ3v) is 9.49. The van der Waals surface area contributed by atoms with Crippen molar-refractivity contribution < 1.29 is 55.1 Å². The predicted molar refractivity (Wildman–Crippen MR) is 94.6 cm³/mol. The number of hydrogen-bond acceptors (Lipinski definition) is 12. The van der Waals surface area contributed by atoms with Crippen LogP contribution in [0.3, 0.4) is 0 Å². The highest BCUT2D eigenvalue weighted by molar-refractivity contribution is 7.69. The molecule has 1 fully saturated rings. The molecule has 0 radical (unpaired) electrons. The van der Waals surface area contributed by atoms with Gasteiger partial charge in [-0.1, -0.05) is 6.92 Å². The summed E-state index contributed by atoms with van der Waals surface area (Å²) in [6, 6.07) is 0.